The van der Waals surface area contributed by atoms with Crippen LogP contribution < -0.4 is 15.4 Å². The van der Waals surface area contributed by atoms with E-state index < -0.39 is 46.1 Å². The third-order valence-corrected chi connectivity index (χ3v) is 9.03. The molecule has 4 rings (SSSR count). The van der Waals surface area contributed by atoms with Crippen molar-refractivity contribution in [2.24, 2.45) is 5.73 Å². The molecule has 41 heavy (non-hydrogen) atoms. The molecule has 0 aliphatic carbocycles. The highest BCUT2D eigenvalue weighted by molar-refractivity contribution is 7.91. The summed E-state index contributed by atoms with van der Waals surface area (Å²) in [6.07, 6.45) is -4.51. The molecule has 0 unspecified atom stereocenters. The normalized spacial score (nSPS) is 18.3. The van der Waals surface area contributed by atoms with Gasteiger partial charge in [-0.1, -0.05) is 19.1 Å². The van der Waals surface area contributed by atoms with Gasteiger partial charge in [-0.15, -0.1) is 0 Å². The van der Waals surface area contributed by atoms with Crippen molar-refractivity contribution >= 4 is 21.4 Å². The van der Waals surface area contributed by atoms with Crippen molar-refractivity contribution in [3.63, 3.8) is 0 Å². The minimum absolute atomic E-state index is 0.0604. The van der Waals surface area contributed by atoms with Gasteiger partial charge in [-0.3, -0.25) is 4.79 Å². The van der Waals surface area contributed by atoms with Crippen LogP contribution in [0.5, 0.6) is 5.75 Å². The predicted octanol–water partition coefficient (Wildman–Crippen LogP) is 3.74. The number of primary amides is 1. The highest BCUT2D eigenvalue weighted by Gasteiger charge is 2.35. The van der Waals surface area contributed by atoms with Crippen LogP contribution in [0.15, 0.2) is 71.6 Å². The zero-order valence-electron chi connectivity index (χ0n) is 22.2. The number of rotatable bonds is 10. The van der Waals surface area contributed by atoms with E-state index in [-0.39, 0.29) is 34.6 Å². The number of halogens is 3. The van der Waals surface area contributed by atoms with E-state index in [2.05, 4.69) is 0 Å². The summed E-state index contributed by atoms with van der Waals surface area (Å²) in [5.41, 5.74) is 6.65. The molecule has 1 aliphatic heterocycles. The summed E-state index contributed by atoms with van der Waals surface area (Å²) in [6, 6.07) is 15.0. The molecule has 1 heterocycles. The molecule has 3 aromatic rings. The Morgan fingerprint density at radius 2 is 1.73 bits per heavy atom. The zero-order chi connectivity index (χ0) is 29.9. The molecule has 0 saturated carbocycles. The lowest BCUT2D eigenvalue weighted by Gasteiger charge is -2.27. The van der Waals surface area contributed by atoms with Crippen LogP contribution in [0, 0.1) is 0 Å². The number of alkyl halides is 3. The van der Waals surface area contributed by atoms with Gasteiger partial charge in [0.15, 0.2) is 9.84 Å². The second-order valence-electron chi connectivity index (χ2n) is 9.83. The fourth-order valence-corrected chi connectivity index (χ4v) is 5.95. The molecular formula is C29H31F3N2O6S. The van der Waals surface area contributed by atoms with Crippen molar-refractivity contribution in [3.8, 4) is 5.75 Å². The fourth-order valence-electron chi connectivity index (χ4n) is 5.06. The number of aliphatic hydroxyl groups excluding tert-OH is 2. The number of carbonyl (C=O) groups is 1. The minimum Gasteiger partial charge on any atom is -0.489 e. The molecule has 12 heteroatoms. The number of nitrogens with zero attached hydrogens (tertiary/aromatic N) is 1. The van der Waals surface area contributed by atoms with Gasteiger partial charge in [0.2, 0.25) is 5.91 Å². The molecule has 1 aliphatic rings. The number of carbonyl (C=O) groups excluding carboxylic acids is 1. The number of benzene rings is 3. The van der Waals surface area contributed by atoms with E-state index >= 15 is 0 Å². The van der Waals surface area contributed by atoms with Crippen LogP contribution in [-0.2, 0) is 16.0 Å². The smallest absolute Gasteiger partial charge is 0.416 e. The van der Waals surface area contributed by atoms with Crippen molar-refractivity contribution in [1.29, 1.82) is 0 Å². The Morgan fingerprint density at radius 1 is 1.07 bits per heavy atom. The Hall–Kier alpha value is -3.61. The molecule has 1 fully saturated rings. The number of ether oxygens (including phenoxy) is 1. The molecule has 0 aromatic heterocycles. The lowest BCUT2D eigenvalue weighted by atomic mass is 9.88. The summed E-state index contributed by atoms with van der Waals surface area (Å²) < 4.78 is 69.1. The number of hydrogen-bond acceptors (Lipinski definition) is 7. The van der Waals surface area contributed by atoms with Crippen molar-refractivity contribution in [1.82, 2.24) is 0 Å². The second kappa shape index (κ2) is 12.1. The van der Waals surface area contributed by atoms with Gasteiger partial charge in [-0.2, -0.15) is 13.2 Å². The standard InChI is InChI=1S/C29H31F3N2O6S/c1-2-41(38,39)24-10-3-18(4-11-24)27(17-36)26-14-20(7-12-25(26)28(33)37)34-15-23(13-21(34)16-35)40-22-8-5-19(6-9-22)29(30,31)32/h3-12,14,21,23,27,35-36H,2,13,15-17H2,1H3,(H2,33,37)/t21-,23+,27+/m0/s1. The van der Waals surface area contributed by atoms with Crippen LogP contribution in [0.3, 0.4) is 0 Å². The van der Waals surface area contributed by atoms with E-state index in [1.165, 1.54) is 30.3 Å². The average Bonchev–Trinajstić information content (AvgIpc) is 3.36. The number of hydrogen-bond donors (Lipinski definition) is 3. The minimum atomic E-state index is -4.46. The van der Waals surface area contributed by atoms with Crippen LogP contribution in [0.1, 0.15) is 46.3 Å². The van der Waals surface area contributed by atoms with Crippen molar-refractivity contribution in [2.45, 2.75) is 42.5 Å². The van der Waals surface area contributed by atoms with Gasteiger partial charge in [0.1, 0.15) is 11.9 Å². The predicted molar refractivity (Wildman–Crippen MR) is 147 cm³/mol. The summed E-state index contributed by atoms with van der Waals surface area (Å²) in [5.74, 6) is -1.21. The average molecular weight is 593 g/mol. The highest BCUT2D eigenvalue weighted by atomic mass is 32.2. The van der Waals surface area contributed by atoms with Gasteiger partial charge in [-0.05, 0) is 65.7 Å². The molecule has 0 bridgehead atoms. The van der Waals surface area contributed by atoms with E-state index in [1.54, 1.807) is 31.2 Å². The summed E-state index contributed by atoms with van der Waals surface area (Å²) in [7, 11) is -3.43. The van der Waals surface area contributed by atoms with Crippen molar-refractivity contribution in [3.05, 3.63) is 89.0 Å². The van der Waals surface area contributed by atoms with E-state index in [0.29, 0.717) is 29.8 Å². The van der Waals surface area contributed by atoms with E-state index in [9.17, 15) is 36.6 Å². The number of sulfone groups is 1. The van der Waals surface area contributed by atoms with E-state index in [4.69, 9.17) is 10.5 Å². The number of amides is 1. The topological polar surface area (TPSA) is 130 Å². The first-order valence-corrected chi connectivity index (χ1v) is 14.6. The molecule has 0 radical (unpaired) electrons. The summed E-state index contributed by atoms with van der Waals surface area (Å²) in [4.78, 5) is 14.3. The van der Waals surface area contributed by atoms with Crippen LogP contribution in [0.2, 0.25) is 0 Å². The molecule has 220 valence electrons. The number of nitrogens with two attached hydrogens (primary N) is 1. The first-order chi connectivity index (χ1) is 19.4. The van der Waals surface area contributed by atoms with E-state index in [0.717, 1.165) is 12.1 Å². The lowest BCUT2D eigenvalue weighted by molar-refractivity contribution is -0.137. The van der Waals surface area contributed by atoms with Gasteiger partial charge < -0.3 is 25.6 Å². The Labute approximate surface area is 236 Å². The van der Waals surface area contributed by atoms with Gasteiger partial charge >= 0.3 is 6.18 Å². The van der Waals surface area contributed by atoms with Crippen LogP contribution in [0.25, 0.3) is 0 Å². The summed E-state index contributed by atoms with van der Waals surface area (Å²) in [5, 5.41) is 20.4. The van der Waals surface area contributed by atoms with Gasteiger partial charge in [0.25, 0.3) is 0 Å². The van der Waals surface area contributed by atoms with Crippen LogP contribution >= 0.6 is 0 Å². The van der Waals surface area contributed by atoms with Gasteiger partial charge in [0, 0.05) is 23.6 Å². The largest absolute Gasteiger partial charge is 0.489 e. The highest BCUT2D eigenvalue weighted by Crippen LogP contribution is 2.35. The van der Waals surface area contributed by atoms with Crippen molar-refractivity contribution in [2.75, 3.05) is 30.4 Å². The first-order valence-electron chi connectivity index (χ1n) is 13.0. The Balaban J connectivity index is 1.62. The number of anilines is 1. The maximum Gasteiger partial charge on any atom is 0.416 e. The number of aliphatic hydroxyl groups is 2. The monoisotopic (exact) mass is 592 g/mol. The Kier molecular flexibility index (Phi) is 8.95. The van der Waals surface area contributed by atoms with E-state index in [1.807, 2.05) is 4.90 Å². The van der Waals surface area contributed by atoms with Gasteiger partial charge in [-0.25, -0.2) is 8.42 Å². The maximum absolute atomic E-state index is 12.9. The lowest BCUT2D eigenvalue weighted by Crippen LogP contribution is -2.33. The molecule has 8 nitrogen and oxygen atoms in total. The molecule has 1 saturated heterocycles. The SMILES string of the molecule is CCS(=O)(=O)c1ccc([C@@H](CO)c2cc(N3C[C@H](Oc4ccc(C(F)(F)F)cc4)C[C@H]3CO)ccc2C(N)=O)cc1. The summed E-state index contributed by atoms with van der Waals surface area (Å²) >= 11 is 0. The van der Waals surface area contributed by atoms with Gasteiger partial charge in [0.05, 0.1) is 42.0 Å². The summed E-state index contributed by atoms with van der Waals surface area (Å²) in [6.45, 7) is 1.22. The van der Waals surface area contributed by atoms with Crippen LogP contribution in [-0.4, -0.2) is 62.2 Å². The molecular weight excluding hydrogens is 561 g/mol. The Bertz CT molecular complexity index is 1480. The molecule has 3 atom stereocenters. The third-order valence-electron chi connectivity index (χ3n) is 7.28. The molecule has 3 aromatic carbocycles. The molecule has 4 N–H and O–H groups in total. The first kappa shape index (κ1) is 30.4. The van der Waals surface area contributed by atoms with Crippen molar-refractivity contribution < 1.29 is 41.3 Å². The second-order valence-corrected chi connectivity index (χ2v) is 12.1. The zero-order valence-corrected chi connectivity index (χ0v) is 23.0. The molecule has 1 amide bonds. The Morgan fingerprint density at radius 3 is 2.27 bits per heavy atom. The quantitative estimate of drug-likeness (QED) is 0.327. The molecule has 0 spiro atoms. The third kappa shape index (κ3) is 6.66. The fraction of sp³-hybridized carbons (Fsp3) is 0.345. The maximum atomic E-state index is 12.9. The van der Waals surface area contributed by atoms with Crippen LogP contribution in [0.4, 0.5) is 18.9 Å².